The molecule has 1 aliphatic heterocycles. The standard InChI is InChI=1S/C30H32FN3O2/c31-28-12-6-4-10-24(28)26(20-30(35)32-14-15-33-16-18-36-19-17-33)27-22-34(21-23-8-2-1-3-9-23)29-13-7-5-11-25(27)29/h1-13,22,26H,14-21H2,(H,32,35)/t26-/m0/s1. The molecule has 1 aromatic heterocycles. The molecule has 186 valence electrons. The van der Waals surface area contributed by atoms with Gasteiger partial charge in [0.1, 0.15) is 5.82 Å². The second-order valence-corrected chi connectivity index (χ2v) is 9.30. The molecule has 0 saturated carbocycles. The third kappa shape index (κ3) is 5.66. The minimum absolute atomic E-state index is 0.0728. The molecule has 1 N–H and O–H groups in total. The van der Waals surface area contributed by atoms with Gasteiger partial charge in [0, 0.05) is 62.2 Å². The van der Waals surface area contributed by atoms with Crippen molar-refractivity contribution in [3.8, 4) is 0 Å². The summed E-state index contributed by atoms with van der Waals surface area (Å²) in [6, 6.07) is 25.2. The number of ether oxygens (including phenoxy) is 1. The van der Waals surface area contributed by atoms with Crippen LogP contribution in [0.2, 0.25) is 0 Å². The fourth-order valence-corrected chi connectivity index (χ4v) is 5.04. The van der Waals surface area contributed by atoms with Gasteiger partial charge in [0.2, 0.25) is 5.91 Å². The average Bonchev–Trinajstić information content (AvgIpc) is 3.27. The number of aromatic nitrogens is 1. The molecule has 3 aromatic carbocycles. The maximum atomic E-state index is 15.1. The molecule has 1 fully saturated rings. The van der Waals surface area contributed by atoms with Gasteiger partial charge in [-0.1, -0.05) is 66.7 Å². The van der Waals surface area contributed by atoms with Gasteiger partial charge in [-0.05, 0) is 28.8 Å². The number of hydrogen-bond donors (Lipinski definition) is 1. The maximum absolute atomic E-state index is 15.1. The van der Waals surface area contributed by atoms with Crippen LogP contribution in [0.3, 0.4) is 0 Å². The molecule has 6 heteroatoms. The van der Waals surface area contributed by atoms with Crippen LogP contribution in [0.1, 0.15) is 29.0 Å². The highest BCUT2D eigenvalue weighted by molar-refractivity contribution is 5.86. The predicted molar refractivity (Wildman–Crippen MR) is 141 cm³/mol. The Labute approximate surface area is 211 Å². The van der Waals surface area contributed by atoms with Crippen LogP contribution in [0.25, 0.3) is 10.9 Å². The van der Waals surface area contributed by atoms with Crippen LogP contribution in [0.15, 0.2) is 85.1 Å². The van der Waals surface area contributed by atoms with Gasteiger partial charge < -0.3 is 14.6 Å². The molecule has 0 unspecified atom stereocenters. The molecule has 36 heavy (non-hydrogen) atoms. The van der Waals surface area contributed by atoms with E-state index in [-0.39, 0.29) is 18.1 Å². The van der Waals surface area contributed by atoms with E-state index < -0.39 is 5.92 Å². The van der Waals surface area contributed by atoms with Crippen molar-refractivity contribution in [2.24, 2.45) is 0 Å². The second kappa shape index (κ2) is 11.5. The highest BCUT2D eigenvalue weighted by Gasteiger charge is 2.25. The number of nitrogens with zero attached hydrogens (tertiary/aromatic N) is 2. The Balaban J connectivity index is 1.42. The molecule has 1 amide bonds. The van der Waals surface area contributed by atoms with Gasteiger partial charge in [-0.3, -0.25) is 9.69 Å². The summed E-state index contributed by atoms with van der Waals surface area (Å²) in [5.74, 6) is -0.753. The molecular weight excluding hydrogens is 453 g/mol. The number of carbonyl (C=O) groups is 1. The first-order valence-electron chi connectivity index (χ1n) is 12.6. The Bertz CT molecular complexity index is 1300. The molecule has 4 aromatic rings. The zero-order valence-corrected chi connectivity index (χ0v) is 20.4. The van der Waals surface area contributed by atoms with Gasteiger partial charge in [-0.15, -0.1) is 0 Å². The van der Waals surface area contributed by atoms with E-state index in [1.54, 1.807) is 12.1 Å². The molecule has 1 aliphatic rings. The van der Waals surface area contributed by atoms with E-state index in [9.17, 15) is 4.79 Å². The monoisotopic (exact) mass is 485 g/mol. The first-order chi connectivity index (χ1) is 17.7. The second-order valence-electron chi connectivity index (χ2n) is 9.30. The summed E-state index contributed by atoms with van der Waals surface area (Å²) in [5.41, 5.74) is 3.77. The summed E-state index contributed by atoms with van der Waals surface area (Å²) in [6.07, 6.45) is 2.28. The average molecular weight is 486 g/mol. The molecule has 0 bridgehead atoms. The summed E-state index contributed by atoms with van der Waals surface area (Å²) >= 11 is 0. The number of carbonyl (C=O) groups excluding carboxylic acids is 1. The molecule has 0 aliphatic carbocycles. The molecule has 0 spiro atoms. The SMILES string of the molecule is O=C(C[C@@H](c1ccccc1F)c1cn(Cc2ccccc2)c2ccccc12)NCCN1CCOCC1. The lowest BCUT2D eigenvalue weighted by atomic mass is 9.87. The van der Waals surface area contributed by atoms with E-state index in [0.29, 0.717) is 18.7 Å². The van der Waals surface area contributed by atoms with Gasteiger partial charge in [0.15, 0.2) is 0 Å². The van der Waals surface area contributed by atoms with E-state index in [1.165, 1.54) is 11.6 Å². The van der Waals surface area contributed by atoms with Crippen molar-refractivity contribution in [1.82, 2.24) is 14.8 Å². The van der Waals surface area contributed by atoms with Crippen LogP contribution in [0.5, 0.6) is 0 Å². The molecule has 1 atom stereocenters. The normalized spacial score (nSPS) is 15.1. The van der Waals surface area contributed by atoms with Crippen molar-refractivity contribution >= 4 is 16.8 Å². The van der Waals surface area contributed by atoms with E-state index in [0.717, 1.165) is 49.3 Å². The minimum atomic E-state index is -0.392. The van der Waals surface area contributed by atoms with Crippen molar-refractivity contribution in [3.63, 3.8) is 0 Å². The summed E-state index contributed by atoms with van der Waals surface area (Å²) in [4.78, 5) is 15.4. The van der Waals surface area contributed by atoms with Gasteiger partial charge in [0.25, 0.3) is 0 Å². The molecule has 0 radical (unpaired) electrons. The third-order valence-electron chi connectivity index (χ3n) is 6.91. The van der Waals surface area contributed by atoms with E-state index in [1.807, 2.05) is 36.4 Å². The number of nitrogens with one attached hydrogen (secondary N) is 1. The number of morpholine rings is 1. The summed E-state index contributed by atoms with van der Waals surface area (Å²) in [6.45, 7) is 5.29. The first kappa shape index (κ1) is 24.2. The molecule has 5 rings (SSSR count). The van der Waals surface area contributed by atoms with Crippen molar-refractivity contribution in [2.75, 3.05) is 39.4 Å². The molecular formula is C30H32FN3O2. The summed E-state index contributed by atoms with van der Waals surface area (Å²) in [7, 11) is 0. The van der Waals surface area contributed by atoms with E-state index in [2.05, 4.69) is 45.2 Å². The Morgan fingerprint density at radius 1 is 0.917 bits per heavy atom. The molecule has 1 saturated heterocycles. The first-order valence-corrected chi connectivity index (χ1v) is 12.6. The Kier molecular flexibility index (Phi) is 7.74. The van der Waals surface area contributed by atoms with Crippen molar-refractivity contribution in [1.29, 1.82) is 0 Å². The van der Waals surface area contributed by atoms with Crippen molar-refractivity contribution in [3.05, 3.63) is 108 Å². The van der Waals surface area contributed by atoms with E-state index in [4.69, 9.17) is 4.74 Å². The van der Waals surface area contributed by atoms with E-state index >= 15 is 4.39 Å². The van der Waals surface area contributed by atoms with Gasteiger partial charge >= 0.3 is 0 Å². The number of para-hydroxylation sites is 1. The van der Waals surface area contributed by atoms with Gasteiger partial charge in [-0.25, -0.2) is 4.39 Å². The number of hydrogen-bond acceptors (Lipinski definition) is 3. The van der Waals surface area contributed by atoms with Crippen LogP contribution in [-0.2, 0) is 16.1 Å². The fourth-order valence-electron chi connectivity index (χ4n) is 5.04. The number of fused-ring (bicyclic) bond motifs is 1. The lowest BCUT2D eigenvalue weighted by Gasteiger charge is -2.26. The van der Waals surface area contributed by atoms with Gasteiger partial charge in [-0.2, -0.15) is 0 Å². The van der Waals surface area contributed by atoms with Crippen LogP contribution in [0, 0.1) is 5.82 Å². The van der Waals surface area contributed by atoms with Crippen LogP contribution in [-0.4, -0.2) is 54.8 Å². The highest BCUT2D eigenvalue weighted by Crippen LogP contribution is 2.36. The third-order valence-corrected chi connectivity index (χ3v) is 6.91. The van der Waals surface area contributed by atoms with Crippen molar-refractivity contribution in [2.45, 2.75) is 18.9 Å². The number of rotatable bonds is 9. The smallest absolute Gasteiger partial charge is 0.220 e. The molecule has 2 heterocycles. The predicted octanol–water partition coefficient (Wildman–Crippen LogP) is 4.80. The summed E-state index contributed by atoms with van der Waals surface area (Å²) < 4.78 is 22.7. The quantitative estimate of drug-likeness (QED) is 0.371. The lowest BCUT2D eigenvalue weighted by molar-refractivity contribution is -0.121. The van der Waals surface area contributed by atoms with Crippen LogP contribution in [0.4, 0.5) is 4.39 Å². The maximum Gasteiger partial charge on any atom is 0.220 e. The molecule has 5 nitrogen and oxygen atoms in total. The zero-order valence-electron chi connectivity index (χ0n) is 20.4. The number of halogens is 1. The lowest BCUT2D eigenvalue weighted by Crippen LogP contribution is -2.41. The minimum Gasteiger partial charge on any atom is -0.379 e. The van der Waals surface area contributed by atoms with Gasteiger partial charge in [0.05, 0.1) is 13.2 Å². The highest BCUT2D eigenvalue weighted by atomic mass is 19.1. The van der Waals surface area contributed by atoms with Crippen LogP contribution < -0.4 is 5.32 Å². The summed E-state index contributed by atoms with van der Waals surface area (Å²) in [5, 5.41) is 4.11. The number of amides is 1. The Morgan fingerprint density at radius 2 is 1.64 bits per heavy atom. The van der Waals surface area contributed by atoms with Crippen molar-refractivity contribution < 1.29 is 13.9 Å². The Morgan fingerprint density at radius 3 is 2.44 bits per heavy atom. The zero-order chi connectivity index (χ0) is 24.7. The number of benzene rings is 3. The largest absolute Gasteiger partial charge is 0.379 e. The fraction of sp³-hybridized carbons (Fsp3) is 0.300. The Hall–Kier alpha value is -3.48. The van der Waals surface area contributed by atoms with Crippen LogP contribution >= 0.6 is 0 Å². The topological polar surface area (TPSA) is 46.5 Å².